The lowest BCUT2D eigenvalue weighted by Gasteiger charge is -2.23. The van der Waals surface area contributed by atoms with Crippen molar-refractivity contribution in [2.45, 2.75) is 24.2 Å². The molecule has 0 unspecified atom stereocenters. The van der Waals surface area contributed by atoms with Gasteiger partial charge in [0.05, 0.1) is 10.4 Å². The Morgan fingerprint density at radius 3 is 2.05 bits per heavy atom. The molecule has 192 valence electrons. The van der Waals surface area contributed by atoms with Gasteiger partial charge in [0.25, 0.3) is 5.91 Å². The molecule has 0 radical (unpaired) electrons. The van der Waals surface area contributed by atoms with Crippen LogP contribution in [0.1, 0.15) is 26.4 Å². The van der Waals surface area contributed by atoms with Crippen LogP contribution in [-0.4, -0.2) is 19.2 Å². The average Bonchev–Trinajstić information content (AvgIpc) is 3.40. The Labute approximate surface area is 214 Å². The molecule has 0 aliphatic heterocycles. The molecule has 4 rings (SSSR count). The van der Waals surface area contributed by atoms with Crippen LogP contribution in [0.2, 0.25) is 0 Å². The molecule has 0 atom stereocenters. The number of benzene rings is 3. The van der Waals surface area contributed by atoms with Crippen molar-refractivity contribution in [1.29, 1.82) is 0 Å². The Balaban J connectivity index is 1.51. The smallest absolute Gasteiger partial charge is 0.379 e. The van der Waals surface area contributed by atoms with Gasteiger partial charge in [-0.15, -0.1) is 11.3 Å². The zero-order valence-corrected chi connectivity index (χ0v) is 20.6. The lowest BCUT2D eigenvalue weighted by atomic mass is 10.1. The molecule has 1 amide bonds. The molecule has 0 saturated heterocycles. The number of halogens is 4. The van der Waals surface area contributed by atoms with Gasteiger partial charge in [-0.3, -0.25) is 4.79 Å². The van der Waals surface area contributed by atoms with Crippen molar-refractivity contribution in [1.82, 2.24) is 4.90 Å². The first kappa shape index (κ1) is 26.4. The first-order valence-electron chi connectivity index (χ1n) is 10.8. The molecule has 4 aromatic rings. The minimum absolute atomic E-state index is 0.101. The van der Waals surface area contributed by atoms with Gasteiger partial charge in [0.1, 0.15) is 16.5 Å². The van der Waals surface area contributed by atoms with Crippen LogP contribution in [0.15, 0.2) is 95.2 Å². The van der Waals surface area contributed by atoms with Crippen molar-refractivity contribution in [2.24, 2.45) is 0 Å². The number of amides is 1. The van der Waals surface area contributed by atoms with Crippen LogP contribution in [-0.2, 0) is 29.4 Å². The Bertz CT molecular complexity index is 1470. The van der Waals surface area contributed by atoms with Gasteiger partial charge in [0, 0.05) is 13.1 Å². The normalized spacial score (nSPS) is 11.8. The first-order chi connectivity index (χ1) is 17.5. The summed E-state index contributed by atoms with van der Waals surface area (Å²) >= 11 is 1.28. The van der Waals surface area contributed by atoms with Gasteiger partial charge in [-0.05, 0) is 65.0 Å². The monoisotopic (exact) mass is 549 g/mol. The van der Waals surface area contributed by atoms with Crippen LogP contribution in [0.4, 0.5) is 17.6 Å². The third-order valence-electron chi connectivity index (χ3n) is 5.26. The molecule has 0 saturated carbocycles. The summed E-state index contributed by atoms with van der Waals surface area (Å²) in [7, 11) is -4.51. The Hall–Kier alpha value is -3.70. The third-order valence-corrected chi connectivity index (χ3v) is 7.36. The van der Waals surface area contributed by atoms with E-state index in [4.69, 9.17) is 4.18 Å². The largest absolute Gasteiger partial charge is 0.416 e. The zero-order valence-electron chi connectivity index (χ0n) is 19.0. The van der Waals surface area contributed by atoms with Crippen LogP contribution in [0.25, 0.3) is 0 Å². The second-order valence-electron chi connectivity index (χ2n) is 7.97. The second kappa shape index (κ2) is 10.7. The Morgan fingerprint density at radius 1 is 0.865 bits per heavy atom. The average molecular weight is 550 g/mol. The van der Waals surface area contributed by atoms with E-state index in [2.05, 4.69) is 0 Å². The van der Waals surface area contributed by atoms with E-state index in [0.29, 0.717) is 16.5 Å². The van der Waals surface area contributed by atoms with Crippen molar-refractivity contribution >= 4 is 27.4 Å². The zero-order chi connectivity index (χ0) is 26.6. The Kier molecular flexibility index (Phi) is 7.65. The molecular weight excluding hydrogens is 530 g/mol. The van der Waals surface area contributed by atoms with Gasteiger partial charge in [-0.1, -0.05) is 36.4 Å². The fraction of sp³-hybridized carbons (Fsp3) is 0.115. The van der Waals surface area contributed by atoms with E-state index < -0.39 is 32.6 Å². The van der Waals surface area contributed by atoms with Gasteiger partial charge >= 0.3 is 16.3 Å². The summed E-state index contributed by atoms with van der Waals surface area (Å²) in [6.07, 6.45) is -4.70. The fourth-order valence-electron chi connectivity index (χ4n) is 3.44. The number of hydrogen-bond donors (Lipinski definition) is 0. The highest BCUT2D eigenvalue weighted by molar-refractivity contribution is 7.87. The number of carbonyl (C=O) groups is 1. The van der Waals surface area contributed by atoms with Crippen molar-refractivity contribution < 1.29 is 35.0 Å². The summed E-state index contributed by atoms with van der Waals surface area (Å²) in [6.45, 7) is 0.369. The topological polar surface area (TPSA) is 63.7 Å². The maximum absolute atomic E-state index is 13.3. The minimum Gasteiger partial charge on any atom is -0.379 e. The molecule has 5 nitrogen and oxygen atoms in total. The molecule has 0 spiro atoms. The number of alkyl halides is 3. The van der Waals surface area contributed by atoms with Crippen molar-refractivity contribution in [3.63, 3.8) is 0 Å². The van der Waals surface area contributed by atoms with Crippen molar-refractivity contribution in [3.8, 4) is 5.75 Å². The molecule has 37 heavy (non-hydrogen) atoms. The van der Waals surface area contributed by atoms with Gasteiger partial charge in [0.2, 0.25) is 0 Å². The molecule has 0 aliphatic carbocycles. The van der Waals surface area contributed by atoms with Gasteiger partial charge in [0.15, 0.2) is 0 Å². The quantitative estimate of drug-likeness (QED) is 0.186. The van der Waals surface area contributed by atoms with Crippen LogP contribution in [0.3, 0.4) is 0 Å². The van der Waals surface area contributed by atoms with E-state index in [1.807, 2.05) is 0 Å². The summed E-state index contributed by atoms with van der Waals surface area (Å²) < 4.78 is 82.2. The maximum Gasteiger partial charge on any atom is 0.416 e. The molecule has 0 aliphatic rings. The predicted molar refractivity (Wildman–Crippen MR) is 130 cm³/mol. The fourth-order valence-corrected chi connectivity index (χ4v) is 5.11. The highest BCUT2D eigenvalue weighted by Gasteiger charge is 2.32. The van der Waals surface area contributed by atoms with E-state index >= 15 is 0 Å². The number of hydrogen-bond acceptors (Lipinski definition) is 5. The van der Waals surface area contributed by atoms with E-state index in [0.717, 1.165) is 23.8 Å². The predicted octanol–water partition coefficient (Wildman–Crippen LogP) is 6.52. The van der Waals surface area contributed by atoms with Crippen LogP contribution in [0, 0.1) is 5.82 Å². The lowest BCUT2D eigenvalue weighted by Crippen LogP contribution is -2.29. The third kappa shape index (κ3) is 6.75. The number of rotatable bonds is 8. The summed E-state index contributed by atoms with van der Waals surface area (Å²) in [6, 6.07) is 18.3. The van der Waals surface area contributed by atoms with Crippen LogP contribution < -0.4 is 4.18 Å². The Morgan fingerprint density at radius 2 is 1.49 bits per heavy atom. The van der Waals surface area contributed by atoms with Crippen LogP contribution >= 0.6 is 11.3 Å². The maximum atomic E-state index is 13.3. The van der Waals surface area contributed by atoms with Gasteiger partial charge < -0.3 is 9.08 Å². The number of thiophene rings is 1. The minimum atomic E-state index is -4.70. The molecule has 0 fully saturated rings. The van der Waals surface area contributed by atoms with Gasteiger partial charge in [-0.2, -0.15) is 21.6 Å². The van der Waals surface area contributed by atoms with Crippen molar-refractivity contribution in [3.05, 3.63) is 118 Å². The molecule has 0 N–H and O–H groups in total. The summed E-state index contributed by atoms with van der Waals surface area (Å²) in [5.41, 5.74) is 0.262. The molecule has 1 heterocycles. The van der Waals surface area contributed by atoms with E-state index in [1.165, 1.54) is 35.6 Å². The van der Waals surface area contributed by atoms with Crippen molar-refractivity contribution in [2.75, 3.05) is 0 Å². The number of carbonyl (C=O) groups excluding carboxylic acids is 1. The SMILES string of the molecule is O=C(c1cccs1)N(Cc1ccc(F)cc1)Cc1ccc(OS(=O)(=O)c2cccc(C(F)(F)F)c2)cc1. The molecule has 0 bridgehead atoms. The van der Waals surface area contributed by atoms with E-state index in [9.17, 15) is 30.8 Å². The summed E-state index contributed by atoms with van der Waals surface area (Å²) in [5.74, 6) is -0.724. The molecule has 11 heteroatoms. The van der Waals surface area contributed by atoms with Gasteiger partial charge in [-0.25, -0.2) is 4.39 Å². The molecule has 3 aromatic carbocycles. The lowest BCUT2D eigenvalue weighted by molar-refractivity contribution is -0.137. The number of nitrogens with zero attached hydrogens (tertiary/aromatic N) is 1. The standard InChI is InChI=1S/C26H19F4NO4S2/c27-21-10-6-18(7-11-21)16-31(25(32)24-5-2-14-36-24)17-19-8-12-22(13-9-19)35-37(33,34)23-4-1-3-20(15-23)26(28,29)30/h1-15H,16-17H2. The molecule has 1 aromatic heterocycles. The van der Waals surface area contributed by atoms with Crippen LogP contribution in [0.5, 0.6) is 5.75 Å². The van der Waals surface area contributed by atoms with E-state index in [1.54, 1.807) is 46.7 Å². The highest BCUT2D eigenvalue weighted by atomic mass is 32.2. The first-order valence-corrected chi connectivity index (χ1v) is 13.1. The van der Waals surface area contributed by atoms with E-state index in [-0.39, 0.29) is 24.7 Å². The summed E-state index contributed by atoms with van der Waals surface area (Å²) in [4.78, 5) is 14.5. The second-order valence-corrected chi connectivity index (χ2v) is 10.5. The highest BCUT2D eigenvalue weighted by Crippen LogP contribution is 2.31. The molecular formula is C26H19F4NO4S2. The summed E-state index contributed by atoms with van der Waals surface area (Å²) in [5, 5.41) is 1.78.